The molecule has 0 saturated heterocycles. The molecule has 0 saturated carbocycles. The second kappa shape index (κ2) is 7.03. The second-order valence-electron chi connectivity index (χ2n) is 6.86. The predicted molar refractivity (Wildman–Crippen MR) is 91.2 cm³/mol. The van der Waals surface area contributed by atoms with Crippen molar-refractivity contribution < 1.29 is 14.2 Å². The standard InChI is InChI=1S/C16H27ClO3Si/c1-16(2,3)14-9-13(19-5)8-12(10-21(6,7)17)15(14)20-11-18-4/h8-9H,10-11H2,1-7H3. The summed E-state index contributed by atoms with van der Waals surface area (Å²) in [4.78, 5) is 0. The Bertz CT molecular complexity index is 476. The van der Waals surface area contributed by atoms with Crippen molar-refractivity contribution in [2.24, 2.45) is 0 Å². The van der Waals surface area contributed by atoms with Gasteiger partial charge in [-0.1, -0.05) is 33.9 Å². The van der Waals surface area contributed by atoms with Crippen LogP contribution in [0, 0.1) is 0 Å². The van der Waals surface area contributed by atoms with Gasteiger partial charge < -0.3 is 14.2 Å². The van der Waals surface area contributed by atoms with Crippen LogP contribution < -0.4 is 9.47 Å². The van der Waals surface area contributed by atoms with E-state index in [9.17, 15) is 0 Å². The molecular formula is C16H27ClO3Si. The SMILES string of the molecule is COCOc1c(C[Si](C)(C)Cl)cc(OC)cc1C(C)(C)C. The fraction of sp³-hybridized carbons (Fsp3) is 0.625. The maximum atomic E-state index is 6.55. The van der Waals surface area contributed by atoms with Gasteiger partial charge in [-0.05, 0) is 29.2 Å². The smallest absolute Gasteiger partial charge is 0.188 e. The molecule has 1 rings (SSSR count). The zero-order valence-corrected chi connectivity index (χ0v) is 15.9. The number of methoxy groups -OCH3 is 2. The number of halogens is 1. The summed E-state index contributed by atoms with van der Waals surface area (Å²) in [5.41, 5.74) is 2.16. The molecular weight excluding hydrogens is 304 g/mol. The molecule has 1 aromatic carbocycles. The lowest BCUT2D eigenvalue weighted by Crippen LogP contribution is -2.23. The van der Waals surface area contributed by atoms with Gasteiger partial charge in [0.2, 0.25) is 0 Å². The second-order valence-corrected chi connectivity index (χ2v) is 13.7. The number of ether oxygens (including phenoxy) is 3. The Kier molecular flexibility index (Phi) is 6.14. The lowest BCUT2D eigenvalue weighted by Gasteiger charge is -2.27. The van der Waals surface area contributed by atoms with Crippen molar-refractivity contribution in [3.63, 3.8) is 0 Å². The molecule has 5 heteroatoms. The molecule has 1 aromatic rings. The zero-order chi connectivity index (χ0) is 16.3. The topological polar surface area (TPSA) is 27.7 Å². The summed E-state index contributed by atoms with van der Waals surface area (Å²) >= 11 is 6.55. The summed E-state index contributed by atoms with van der Waals surface area (Å²) in [7, 11) is 1.52. The van der Waals surface area contributed by atoms with E-state index < -0.39 is 7.38 Å². The normalized spacial score (nSPS) is 12.4. The molecule has 120 valence electrons. The fourth-order valence-corrected chi connectivity index (χ4v) is 3.81. The van der Waals surface area contributed by atoms with E-state index in [1.165, 1.54) is 0 Å². The van der Waals surface area contributed by atoms with Crippen molar-refractivity contribution in [3.05, 3.63) is 23.3 Å². The third-order valence-electron chi connectivity index (χ3n) is 3.12. The van der Waals surface area contributed by atoms with Crippen LogP contribution in [0.1, 0.15) is 31.9 Å². The van der Waals surface area contributed by atoms with Crippen LogP contribution in [-0.4, -0.2) is 28.4 Å². The highest BCUT2D eigenvalue weighted by Gasteiger charge is 2.27. The van der Waals surface area contributed by atoms with E-state index in [4.69, 9.17) is 25.3 Å². The van der Waals surface area contributed by atoms with Crippen LogP contribution in [0.5, 0.6) is 11.5 Å². The van der Waals surface area contributed by atoms with Gasteiger partial charge in [0, 0.05) is 12.7 Å². The van der Waals surface area contributed by atoms with Crippen LogP contribution in [0.15, 0.2) is 12.1 Å². The Labute approximate surface area is 134 Å². The minimum Gasteiger partial charge on any atom is -0.497 e. The lowest BCUT2D eigenvalue weighted by molar-refractivity contribution is 0.0491. The third kappa shape index (κ3) is 5.53. The Morgan fingerprint density at radius 3 is 2.19 bits per heavy atom. The first-order chi connectivity index (χ1) is 9.58. The summed E-state index contributed by atoms with van der Waals surface area (Å²) in [6.45, 7) is 11.0. The number of hydrogen-bond donors (Lipinski definition) is 0. The number of rotatable bonds is 6. The molecule has 0 fully saturated rings. The summed E-state index contributed by atoms with van der Waals surface area (Å²) in [6.07, 6.45) is 0. The maximum absolute atomic E-state index is 6.55. The molecule has 0 heterocycles. The van der Waals surface area contributed by atoms with Gasteiger partial charge in [0.1, 0.15) is 11.5 Å². The predicted octanol–water partition coefficient (Wildman–Crippen LogP) is 4.50. The Balaban J connectivity index is 3.42. The molecule has 0 aliphatic heterocycles. The van der Waals surface area contributed by atoms with Gasteiger partial charge >= 0.3 is 0 Å². The largest absolute Gasteiger partial charge is 0.497 e. The van der Waals surface area contributed by atoms with Crippen LogP contribution in [0.25, 0.3) is 0 Å². The summed E-state index contributed by atoms with van der Waals surface area (Å²) < 4.78 is 16.4. The van der Waals surface area contributed by atoms with Crippen LogP contribution >= 0.6 is 11.1 Å². The molecule has 0 atom stereocenters. The Hall–Kier alpha value is -0.713. The highest BCUT2D eigenvalue weighted by molar-refractivity contribution is 7.18. The van der Waals surface area contributed by atoms with Crippen molar-refractivity contribution in [1.82, 2.24) is 0 Å². The lowest BCUT2D eigenvalue weighted by atomic mass is 9.85. The molecule has 0 N–H and O–H groups in total. The first-order valence-corrected chi connectivity index (χ1v) is 11.3. The molecule has 0 aliphatic rings. The quantitative estimate of drug-likeness (QED) is 0.436. The van der Waals surface area contributed by atoms with Gasteiger partial charge in [-0.25, -0.2) is 0 Å². The molecule has 0 aromatic heterocycles. The molecule has 0 amide bonds. The van der Waals surface area contributed by atoms with E-state index in [0.29, 0.717) is 0 Å². The van der Waals surface area contributed by atoms with E-state index in [0.717, 1.165) is 28.7 Å². The Morgan fingerprint density at radius 2 is 1.76 bits per heavy atom. The molecule has 0 radical (unpaired) electrons. The minimum atomic E-state index is -1.79. The molecule has 0 bridgehead atoms. The van der Waals surface area contributed by atoms with Crippen LogP contribution in [-0.2, 0) is 16.2 Å². The van der Waals surface area contributed by atoms with E-state index in [1.807, 2.05) is 12.1 Å². The van der Waals surface area contributed by atoms with Crippen molar-refractivity contribution in [3.8, 4) is 11.5 Å². The third-order valence-corrected chi connectivity index (χ3v) is 4.74. The van der Waals surface area contributed by atoms with Gasteiger partial charge in [0.05, 0.1) is 7.11 Å². The van der Waals surface area contributed by atoms with Gasteiger partial charge in [0.25, 0.3) is 0 Å². The Morgan fingerprint density at radius 1 is 1.14 bits per heavy atom. The van der Waals surface area contributed by atoms with Crippen molar-refractivity contribution in [2.45, 2.75) is 45.3 Å². The molecule has 0 spiro atoms. The highest BCUT2D eigenvalue weighted by atomic mass is 35.6. The molecule has 0 aliphatic carbocycles. The first kappa shape index (κ1) is 18.3. The highest BCUT2D eigenvalue weighted by Crippen LogP contribution is 2.39. The minimum absolute atomic E-state index is 0.0512. The van der Waals surface area contributed by atoms with Crippen LogP contribution in [0.3, 0.4) is 0 Å². The van der Waals surface area contributed by atoms with E-state index in [1.54, 1.807) is 14.2 Å². The van der Waals surface area contributed by atoms with Crippen LogP contribution in [0.2, 0.25) is 13.1 Å². The van der Waals surface area contributed by atoms with Gasteiger partial charge in [-0.2, -0.15) is 11.1 Å². The van der Waals surface area contributed by atoms with E-state index >= 15 is 0 Å². The maximum Gasteiger partial charge on any atom is 0.188 e. The van der Waals surface area contributed by atoms with E-state index in [-0.39, 0.29) is 12.2 Å². The summed E-state index contributed by atoms with van der Waals surface area (Å²) in [5, 5.41) is 0. The van der Waals surface area contributed by atoms with Crippen molar-refractivity contribution >= 4 is 18.5 Å². The number of benzene rings is 1. The van der Waals surface area contributed by atoms with Gasteiger partial charge in [-0.15, -0.1) is 0 Å². The average Bonchev–Trinajstić information content (AvgIpc) is 2.33. The van der Waals surface area contributed by atoms with Crippen LogP contribution in [0.4, 0.5) is 0 Å². The molecule has 3 nitrogen and oxygen atoms in total. The summed E-state index contributed by atoms with van der Waals surface area (Å²) in [6, 6.07) is 4.89. The number of hydrogen-bond acceptors (Lipinski definition) is 3. The summed E-state index contributed by atoms with van der Waals surface area (Å²) in [5.74, 6) is 1.72. The average molecular weight is 331 g/mol. The van der Waals surface area contributed by atoms with E-state index in [2.05, 4.69) is 33.9 Å². The monoisotopic (exact) mass is 330 g/mol. The zero-order valence-electron chi connectivity index (χ0n) is 14.2. The fourth-order valence-electron chi connectivity index (χ4n) is 2.21. The van der Waals surface area contributed by atoms with Crippen molar-refractivity contribution in [2.75, 3.05) is 21.0 Å². The molecule has 0 unspecified atom stereocenters. The first-order valence-electron chi connectivity index (χ1n) is 7.10. The van der Waals surface area contributed by atoms with Gasteiger partial charge in [0.15, 0.2) is 14.2 Å². The van der Waals surface area contributed by atoms with Crippen molar-refractivity contribution in [1.29, 1.82) is 0 Å². The molecule has 21 heavy (non-hydrogen) atoms. The van der Waals surface area contributed by atoms with Gasteiger partial charge in [-0.3, -0.25) is 0 Å².